The molecule has 2 aliphatic heterocycles. The number of imide groups is 2. The fraction of sp³-hybridized carbons (Fsp3) is 0.217. The number of nitrogens with one attached hydrogen (secondary N) is 2. The fourth-order valence-corrected chi connectivity index (χ4v) is 3.97. The minimum Gasteiger partial charge on any atom is -0.459 e. The van der Waals surface area contributed by atoms with E-state index in [1.54, 1.807) is 18.2 Å². The van der Waals surface area contributed by atoms with Gasteiger partial charge in [-0.1, -0.05) is 31.7 Å². The molecule has 5 rings (SSSR count). The monoisotopic (exact) mass is 419 g/mol. The Kier molecular flexibility index (Phi) is 5.06. The molecule has 31 heavy (non-hydrogen) atoms. The molecule has 3 aromatic rings. The highest BCUT2D eigenvalue weighted by molar-refractivity contribution is 6.25. The van der Waals surface area contributed by atoms with E-state index >= 15 is 0 Å². The van der Waals surface area contributed by atoms with Crippen molar-refractivity contribution in [2.24, 2.45) is 0 Å². The van der Waals surface area contributed by atoms with Crippen molar-refractivity contribution in [1.29, 1.82) is 0 Å². The summed E-state index contributed by atoms with van der Waals surface area (Å²) in [5, 5.41) is 6.34. The Morgan fingerprint density at radius 2 is 1.84 bits per heavy atom. The van der Waals surface area contributed by atoms with E-state index in [1.165, 1.54) is 0 Å². The Morgan fingerprint density at radius 3 is 2.61 bits per heavy atom. The molecule has 2 aliphatic rings. The lowest BCUT2D eigenvalue weighted by Gasteiger charge is -2.27. The van der Waals surface area contributed by atoms with Gasteiger partial charge in [0.05, 0.1) is 17.7 Å². The molecule has 0 bridgehead atoms. The Labute approximate surface area is 178 Å². The molecule has 1 atom stereocenters. The summed E-state index contributed by atoms with van der Waals surface area (Å²) in [4.78, 5) is 50.5. The standard InChI is InChI=1S/C22H17N3O5.CH4/c26-18-9-8-16(20(27)24-18)25-21(28)14-5-3-6-15(19(14)22(25)29)23-11-13-10-12-4-1-2-7-17(12)30-13;/h1-7,10,16,23H,8-9,11H2,(H,24,26,27);1H4. The molecule has 1 unspecified atom stereocenters. The average Bonchev–Trinajstić information content (AvgIpc) is 3.26. The number of amides is 4. The smallest absolute Gasteiger partial charge is 0.264 e. The van der Waals surface area contributed by atoms with Crippen LogP contribution < -0.4 is 10.6 Å². The number of carbonyl (C=O) groups is 4. The number of hydrogen-bond donors (Lipinski definition) is 2. The van der Waals surface area contributed by atoms with Crippen LogP contribution in [0.25, 0.3) is 11.0 Å². The molecule has 0 aliphatic carbocycles. The zero-order valence-corrected chi connectivity index (χ0v) is 15.8. The highest BCUT2D eigenvalue weighted by Crippen LogP contribution is 2.32. The van der Waals surface area contributed by atoms with Crippen molar-refractivity contribution in [2.75, 3.05) is 5.32 Å². The van der Waals surface area contributed by atoms with E-state index in [9.17, 15) is 19.2 Å². The molecule has 3 heterocycles. The second-order valence-corrected chi connectivity index (χ2v) is 7.28. The Hall–Kier alpha value is -3.94. The van der Waals surface area contributed by atoms with Gasteiger partial charge in [-0.2, -0.15) is 0 Å². The van der Waals surface area contributed by atoms with Crippen molar-refractivity contribution in [3.05, 3.63) is 65.4 Å². The summed E-state index contributed by atoms with van der Waals surface area (Å²) in [7, 11) is 0. The van der Waals surface area contributed by atoms with Gasteiger partial charge in [0.1, 0.15) is 17.4 Å². The molecule has 0 saturated carbocycles. The summed E-state index contributed by atoms with van der Waals surface area (Å²) in [6.45, 7) is 0.324. The van der Waals surface area contributed by atoms with E-state index in [1.807, 2.05) is 30.3 Å². The van der Waals surface area contributed by atoms with Crippen molar-refractivity contribution < 1.29 is 23.6 Å². The topological polar surface area (TPSA) is 109 Å². The number of fused-ring (bicyclic) bond motifs is 2. The molecule has 1 saturated heterocycles. The van der Waals surface area contributed by atoms with Crippen LogP contribution in [0.1, 0.15) is 46.7 Å². The third-order valence-corrected chi connectivity index (χ3v) is 5.40. The molecule has 2 aromatic carbocycles. The summed E-state index contributed by atoms with van der Waals surface area (Å²) >= 11 is 0. The zero-order chi connectivity index (χ0) is 20.8. The van der Waals surface area contributed by atoms with Gasteiger partial charge < -0.3 is 9.73 Å². The molecule has 2 N–H and O–H groups in total. The van der Waals surface area contributed by atoms with Crippen LogP contribution in [0.15, 0.2) is 52.9 Å². The third-order valence-electron chi connectivity index (χ3n) is 5.40. The summed E-state index contributed by atoms with van der Waals surface area (Å²) in [5.41, 5.74) is 1.71. The Balaban J connectivity index is 0.00000231. The van der Waals surface area contributed by atoms with Crippen LogP contribution in [0.4, 0.5) is 5.69 Å². The molecular weight excluding hydrogens is 398 g/mol. The lowest BCUT2D eigenvalue weighted by atomic mass is 10.0. The number of anilines is 1. The Bertz CT molecular complexity index is 1200. The predicted octanol–water partition coefficient (Wildman–Crippen LogP) is 3.08. The van der Waals surface area contributed by atoms with Crippen molar-refractivity contribution in [3.8, 4) is 0 Å². The lowest BCUT2D eigenvalue weighted by molar-refractivity contribution is -0.136. The van der Waals surface area contributed by atoms with Crippen molar-refractivity contribution >= 4 is 40.3 Å². The summed E-state index contributed by atoms with van der Waals surface area (Å²) < 4.78 is 5.79. The summed E-state index contributed by atoms with van der Waals surface area (Å²) in [6.07, 6.45) is 0.207. The van der Waals surface area contributed by atoms with E-state index < -0.39 is 29.7 Å². The van der Waals surface area contributed by atoms with Gasteiger partial charge in [0.15, 0.2) is 0 Å². The maximum atomic E-state index is 13.1. The van der Waals surface area contributed by atoms with E-state index in [0.29, 0.717) is 18.0 Å². The van der Waals surface area contributed by atoms with Gasteiger partial charge in [-0.3, -0.25) is 29.4 Å². The first-order valence-corrected chi connectivity index (χ1v) is 9.59. The van der Waals surface area contributed by atoms with Gasteiger partial charge >= 0.3 is 0 Å². The van der Waals surface area contributed by atoms with Gasteiger partial charge in [0.25, 0.3) is 11.8 Å². The number of furan rings is 1. The van der Waals surface area contributed by atoms with Gasteiger partial charge in [-0.15, -0.1) is 0 Å². The quantitative estimate of drug-likeness (QED) is 0.629. The molecule has 1 aromatic heterocycles. The number of rotatable bonds is 4. The first-order valence-electron chi connectivity index (χ1n) is 9.59. The van der Waals surface area contributed by atoms with Crippen LogP contribution in [0.3, 0.4) is 0 Å². The number of nitrogens with zero attached hydrogens (tertiary/aromatic N) is 1. The van der Waals surface area contributed by atoms with Crippen LogP contribution in [-0.4, -0.2) is 34.6 Å². The highest BCUT2D eigenvalue weighted by atomic mass is 16.3. The third kappa shape index (κ3) is 3.35. The fourth-order valence-electron chi connectivity index (χ4n) is 3.97. The second kappa shape index (κ2) is 7.71. The van der Waals surface area contributed by atoms with Crippen LogP contribution in [-0.2, 0) is 16.1 Å². The first-order chi connectivity index (χ1) is 14.5. The van der Waals surface area contributed by atoms with Crippen LogP contribution in [0, 0.1) is 0 Å². The van der Waals surface area contributed by atoms with E-state index in [-0.39, 0.29) is 31.4 Å². The van der Waals surface area contributed by atoms with Gasteiger partial charge in [0, 0.05) is 17.5 Å². The number of hydrogen-bond acceptors (Lipinski definition) is 6. The second-order valence-electron chi connectivity index (χ2n) is 7.28. The Morgan fingerprint density at radius 1 is 1.03 bits per heavy atom. The van der Waals surface area contributed by atoms with Crippen molar-refractivity contribution in [3.63, 3.8) is 0 Å². The molecule has 1 fully saturated rings. The molecule has 8 nitrogen and oxygen atoms in total. The van der Waals surface area contributed by atoms with E-state index in [0.717, 1.165) is 15.9 Å². The van der Waals surface area contributed by atoms with E-state index in [4.69, 9.17) is 4.42 Å². The van der Waals surface area contributed by atoms with Gasteiger partial charge in [0.2, 0.25) is 11.8 Å². The number of carbonyl (C=O) groups excluding carboxylic acids is 4. The minimum absolute atomic E-state index is 0. The number of piperidine rings is 1. The first kappa shape index (κ1) is 20.3. The molecule has 0 radical (unpaired) electrons. The highest BCUT2D eigenvalue weighted by Gasteiger charge is 2.45. The van der Waals surface area contributed by atoms with Crippen molar-refractivity contribution in [2.45, 2.75) is 32.9 Å². The SMILES string of the molecule is C.O=C1CCC(N2C(=O)c3cccc(NCc4cc5ccccc5o4)c3C2=O)C(=O)N1. The predicted molar refractivity (Wildman–Crippen MR) is 113 cm³/mol. The lowest BCUT2D eigenvalue weighted by Crippen LogP contribution is -2.54. The summed E-state index contributed by atoms with van der Waals surface area (Å²) in [6, 6.07) is 13.5. The average molecular weight is 419 g/mol. The number of benzene rings is 2. The molecule has 4 amide bonds. The van der Waals surface area contributed by atoms with Crippen molar-refractivity contribution in [1.82, 2.24) is 10.2 Å². The van der Waals surface area contributed by atoms with Gasteiger partial charge in [-0.05, 0) is 30.7 Å². The molecule has 158 valence electrons. The van der Waals surface area contributed by atoms with E-state index in [2.05, 4.69) is 10.6 Å². The van der Waals surface area contributed by atoms with Crippen LogP contribution in [0.2, 0.25) is 0 Å². The molecule has 0 spiro atoms. The normalized spacial score (nSPS) is 18.1. The molecular formula is C23H21N3O5. The number of para-hydroxylation sites is 1. The van der Waals surface area contributed by atoms with Gasteiger partial charge in [-0.25, -0.2) is 0 Å². The van der Waals surface area contributed by atoms with Crippen LogP contribution >= 0.6 is 0 Å². The summed E-state index contributed by atoms with van der Waals surface area (Å²) in [5.74, 6) is -1.42. The zero-order valence-electron chi connectivity index (χ0n) is 15.8. The molecule has 8 heteroatoms. The maximum absolute atomic E-state index is 13.1. The largest absolute Gasteiger partial charge is 0.459 e. The van der Waals surface area contributed by atoms with Crippen LogP contribution in [0.5, 0.6) is 0 Å². The minimum atomic E-state index is -0.988. The maximum Gasteiger partial charge on any atom is 0.264 e.